The molecule has 2 aromatic rings. The first-order valence-corrected chi connectivity index (χ1v) is 7.71. The first-order valence-electron chi connectivity index (χ1n) is 7.71. The molecule has 0 spiro atoms. The minimum Gasteiger partial charge on any atom is -0.481 e. The van der Waals surface area contributed by atoms with Crippen molar-refractivity contribution in [1.29, 1.82) is 0 Å². The number of carboxylic acids is 1. The molecule has 1 aliphatic rings. The number of aliphatic carboxylic acids is 1. The van der Waals surface area contributed by atoms with Gasteiger partial charge in [0.05, 0.1) is 18.4 Å². The number of piperidine rings is 1. The molecule has 2 unspecified atom stereocenters. The largest absolute Gasteiger partial charge is 0.481 e. The van der Waals surface area contributed by atoms with Crippen molar-refractivity contribution in [2.24, 2.45) is 11.8 Å². The van der Waals surface area contributed by atoms with Gasteiger partial charge in [-0.05, 0) is 36.1 Å². The summed E-state index contributed by atoms with van der Waals surface area (Å²) in [6.07, 6.45) is 3.75. The summed E-state index contributed by atoms with van der Waals surface area (Å²) < 4.78 is 5.08. The Labute approximate surface area is 134 Å². The van der Waals surface area contributed by atoms with Crippen LogP contribution in [0.3, 0.4) is 0 Å². The minimum absolute atomic E-state index is 0.0396. The number of amides is 1. The number of carbonyl (C=O) groups excluding carboxylic acids is 1. The molecule has 1 N–H and O–H groups in total. The third-order valence-electron chi connectivity index (χ3n) is 4.47. The van der Waals surface area contributed by atoms with Crippen LogP contribution in [0.1, 0.15) is 23.7 Å². The molecule has 0 radical (unpaired) electrons. The molecule has 0 saturated carbocycles. The monoisotopic (exact) mass is 313 g/mol. The summed E-state index contributed by atoms with van der Waals surface area (Å²) in [5, 5.41) is 9.18. The zero-order valence-electron chi connectivity index (χ0n) is 12.9. The number of hydrogen-bond acceptors (Lipinski definition) is 3. The first kappa shape index (κ1) is 15.3. The van der Waals surface area contributed by atoms with Crippen molar-refractivity contribution in [3.05, 3.63) is 48.4 Å². The van der Waals surface area contributed by atoms with Gasteiger partial charge < -0.3 is 14.4 Å². The highest BCUT2D eigenvalue weighted by molar-refractivity contribution is 5.95. The lowest BCUT2D eigenvalue weighted by molar-refractivity contribution is -0.145. The van der Waals surface area contributed by atoms with Crippen LogP contribution in [-0.2, 0) is 4.79 Å². The molecule has 0 bridgehead atoms. The number of furan rings is 1. The van der Waals surface area contributed by atoms with Crippen molar-refractivity contribution >= 4 is 11.9 Å². The number of nitrogens with zero attached hydrogens (tertiary/aromatic N) is 1. The van der Waals surface area contributed by atoms with E-state index < -0.39 is 5.97 Å². The molecule has 5 heteroatoms. The molecule has 3 rings (SSSR count). The summed E-state index contributed by atoms with van der Waals surface area (Å²) in [5.41, 5.74) is 2.47. The van der Waals surface area contributed by atoms with Gasteiger partial charge in [0, 0.05) is 24.2 Å². The Morgan fingerprint density at radius 3 is 2.74 bits per heavy atom. The Hall–Kier alpha value is -2.56. The zero-order valence-corrected chi connectivity index (χ0v) is 12.9. The van der Waals surface area contributed by atoms with Gasteiger partial charge in [-0.25, -0.2) is 0 Å². The highest BCUT2D eigenvalue weighted by atomic mass is 16.4. The lowest BCUT2D eigenvalue weighted by Gasteiger charge is -2.35. The van der Waals surface area contributed by atoms with E-state index in [4.69, 9.17) is 4.42 Å². The summed E-state index contributed by atoms with van der Waals surface area (Å²) in [5.74, 6) is -1.23. The van der Waals surface area contributed by atoms with Gasteiger partial charge in [0.25, 0.3) is 5.91 Å². The van der Waals surface area contributed by atoms with Crippen LogP contribution in [0.25, 0.3) is 11.1 Å². The van der Waals surface area contributed by atoms with Crippen LogP contribution in [0.5, 0.6) is 0 Å². The van der Waals surface area contributed by atoms with Crippen molar-refractivity contribution in [2.45, 2.75) is 13.3 Å². The summed E-state index contributed by atoms with van der Waals surface area (Å²) in [6.45, 7) is 2.85. The number of likely N-dealkylation sites (tertiary alicyclic amines) is 1. The normalized spacial score (nSPS) is 21.2. The van der Waals surface area contributed by atoms with Gasteiger partial charge in [-0.1, -0.05) is 19.1 Å². The number of rotatable bonds is 3. The van der Waals surface area contributed by atoms with Crippen molar-refractivity contribution in [3.63, 3.8) is 0 Å². The van der Waals surface area contributed by atoms with Crippen molar-refractivity contribution in [2.75, 3.05) is 13.1 Å². The fraction of sp³-hybridized carbons (Fsp3) is 0.333. The van der Waals surface area contributed by atoms with Crippen molar-refractivity contribution < 1.29 is 19.1 Å². The molecule has 120 valence electrons. The van der Waals surface area contributed by atoms with E-state index in [0.29, 0.717) is 25.1 Å². The van der Waals surface area contributed by atoms with Crippen LogP contribution >= 0.6 is 0 Å². The predicted molar refractivity (Wildman–Crippen MR) is 85.0 cm³/mol. The van der Waals surface area contributed by atoms with Crippen molar-refractivity contribution in [1.82, 2.24) is 4.90 Å². The third kappa shape index (κ3) is 3.13. The fourth-order valence-corrected chi connectivity index (χ4v) is 3.14. The molecule has 2 atom stereocenters. The second-order valence-electron chi connectivity index (χ2n) is 6.05. The third-order valence-corrected chi connectivity index (χ3v) is 4.47. The molecule has 1 aromatic carbocycles. The second-order valence-corrected chi connectivity index (χ2v) is 6.05. The lowest BCUT2D eigenvalue weighted by Crippen LogP contribution is -2.45. The first-order chi connectivity index (χ1) is 11.1. The number of hydrogen-bond donors (Lipinski definition) is 1. The van der Waals surface area contributed by atoms with E-state index in [1.54, 1.807) is 23.5 Å². The van der Waals surface area contributed by atoms with E-state index in [1.807, 2.05) is 31.2 Å². The van der Waals surface area contributed by atoms with Crippen molar-refractivity contribution in [3.8, 4) is 11.1 Å². The molecule has 23 heavy (non-hydrogen) atoms. The summed E-state index contributed by atoms with van der Waals surface area (Å²) >= 11 is 0. The second kappa shape index (κ2) is 6.28. The van der Waals surface area contributed by atoms with Gasteiger partial charge in [-0.15, -0.1) is 0 Å². The van der Waals surface area contributed by atoms with Crippen LogP contribution in [0.15, 0.2) is 47.3 Å². The van der Waals surface area contributed by atoms with Gasteiger partial charge >= 0.3 is 5.97 Å². The molecule has 1 aromatic heterocycles. The Balaban J connectivity index is 1.76. The lowest BCUT2D eigenvalue weighted by atomic mass is 9.86. The molecule has 1 amide bonds. The summed E-state index contributed by atoms with van der Waals surface area (Å²) in [4.78, 5) is 25.6. The number of benzene rings is 1. The summed E-state index contributed by atoms with van der Waals surface area (Å²) in [7, 11) is 0. The van der Waals surface area contributed by atoms with Gasteiger partial charge in [-0.3, -0.25) is 9.59 Å². The topological polar surface area (TPSA) is 70.8 Å². The van der Waals surface area contributed by atoms with Crippen LogP contribution in [0.2, 0.25) is 0 Å². The highest BCUT2D eigenvalue weighted by Crippen LogP contribution is 2.26. The summed E-state index contributed by atoms with van der Waals surface area (Å²) in [6, 6.07) is 9.27. The maximum absolute atomic E-state index is 12.7. The number of carbonyl (C=O) groups is 2. The fourth-order valence-electron chi connectivity index (χ4n) is 3.14. The minimum atomic E-state index is -0.772. The number of carboxylic acid groups (broad SMARTS) is 1. The molecule has 5 nitrogen and oxygen atoms in total. The van der Waals surface area contributed by atoms with Crippen LogP contribution in [-0.4, -0.2) is 35.0 Å². The molecular formula is C18H19NO4. The Morgan fingerprint density at radius 1 is 1.26 bits per heavy atom. The van der Waals surface area contributed by atoms with E-state index in [9.17, 15) is 14.7 Å². The quantitative estimate of drug-likeness (QED) is 0.945. The highest BCUT2D eigenvalue weighted by Gasteiger charge is 2.33. The Bertz CT molecular complexity index is 708. The van der Waals surface area contributed by atoms with E-state index in [-0.39, 0.29) is 17.7 Å². The molecule has 2 heterocycles. The van der Waals surface area contributed by atoms with E-state index in [1.165, 1.54) is 0 Å². The van der Waals surface area contributed by atoms with E-state index in [2.05, 4.69) is 0 Å². The van der Waals surface area contributed by atoms with Gasteiger partial charge in [-0.2, -0.15) is 0 Å². The standard InChI is InChI=1S/C18H19NO4/c1-12-10-19(7-5-16(12)18(21)22)17(20)14-4-2-3-13(9-14)15-6-8-23-11-15/h2-4,6,8-9,11-12,16H,5,7,10H2,1H3,(H,21,22). The van der Waals surface area contributed by atoms with Gasteiger partial charge in [0.1, 0.15) is 0 Å². The molecular weight excluding hydrogens is 294 g/mol. The average molecular weight is 313 g/mol. The van der Waals surface area contributed by atoms with E-state index in [0.717, 1.165) is 11.1 Å². The maximum Gasteiger partial charge on any atom is 0.306 e. The SMILES string of the molecule is CC1CN(C(=O)c2cccc(-c3ccoc3)c2)CCC1C(=O)O. The van der Waals surface area contributed by atoms with Gasteiger partial charge in [0.15, 0.2) is 0 Å². The van der Waals surface area contributed by atoms with Gasteiger partial charge in [0.2, 0.25) is 0 Å². The Morgan fingerprint density at radius 2 is 2.09 bits per heavy atom. The van der Waals surface area contributed by atoms with E-state index >= 15 is 0 Å². The average Bonchev–Trinajstić information content (AvgIpc) is 3.08. The Kier molecular flexibility index (Phi) is 4.19. The van der Waals surface area contributed by atoms with Crippen LogP contribution in [0.4, 0.5) is 0 Å². The molecule has 0 aliphatic carbocycles. The van der Waals surface area contributed by atoms with Crippen LogP contribution in [0, 0.1) is 11.8 Å². The molecule has 1 fully saturated rings. The molecule has 1 saturated heterocycles. The predicted octanol–water partition coefficient (Wildman–Crippen LogP) is 3.13. The maximum atomic E-state index is 12.7. The zero-order chi connectivity index (χ0) is 16.4. The van der Waals surface area contributed by atoms with Crippen LogP contribution < -0.4 is 0 Å². The smallest absolute Gasteiger partial charge is 0.306 e. The molecule has 1 aliphatic heterocycles.